The quantitative estimate of drug-likeness (QED) is 0.503. The van der Waals surface area contributed by atoms with Crippen LogP contribution in [0.2, 0.25) is 15.1 Å². The monoisotopic (exact) mass is 502 g/mol. The van der Waals surface area contributed by atoms with Gasteiger partial charge in [-0.3, -0.25) is 9.10 Å². The zero-order valence-corrected chi connectivity index (χ0v) is 20.5. The van der Waals surface area contributed by atoms with Crippen LogP contribution < -0.4 is 9.62 Å². The summed E-state index contributed by atoms with van der Waals surface area (Å²) in [6.45, 7) is 1.56. The van der Waals surface area contributed by atoms with Crippen LogP contribution in [0.5, 0.6) is 0 Å². The summed E-state index contributed by atoms with van der Waals surface area (Å²) >= 11 is 18.2. The first-order valence-electron chi connectivity index (χ1n) is 10.1. The van der Waals surface area contributed by atoms with Gasteiger partial charge in [0.1, 0.15) is 6.54 Å². The number of carbonyl (C=O) groups excluding carboxylic acids is 1. The normalized spacial score (nSPS) is 14.6. The Labute approximate surface area is 198 Å². The summed E-state index contributed by atoms with van der Waals surface area (Å²) in [7, 11) is -3.80. The molecule has 2 aromatic carbocycles. The first-order chi connectivity index (χ1) is 14.6. The number of halogens is 3. The van der Waals surface area contributed by atoms with Crippen LogP contribution in [0.15, 0.2) is 30.3 Å². The van der Waals surface area contributed by atoms with E-state index in [1.165, 1.54) is 36.1 Å². The molecule has 1 amide bonds. The lowest BCUT2D eigenvalue weighted by molar-refractivity contribution is -0.120. The molecule has 0 saturated carbocycles. The number of anilines is 1. The molecule has 0 unspecified atom stereocenters. The number of benzene rings is 2. The second-order valence-corrected chi connectivity index (χ2v) is 10.9. The second-order valence-electron chi connectivity index (χ2n) is 7.75. The fourth-order valence-electron chi connectivity index (χ4n) is 3.85. The van der Waals surface area contributed by atoms with Crippen LogP contribution in [-0.2, 0) is 27.7 Å². The van der Waals surface area contributed by atoms with E-state index in [1.54, 1.807) is 0 Å². The topological polar surface area (TPSA) is 66.5 Å². The van der Waals surface area contributed by atoms with E-state index in [4.69, 9.17) is 34.8 Å². The van der Waals surface area contributed by atoms with Crippen LogP contribution in [0.3, 0.4) is 0 Å². The summed E-state index contributed by atoms with van der Waals surface area (Å²) < 4.78 is 25.8. The molecule has 0 radical (unpaired) electrons. The van der Waals surface area contributed by atoms with Crippen LogP contribution in [0, 0.1) is 0 Å². The predicted octanol–water partition coefficient (Wildman–Crippen LogP) is 5.56. The van der Waals surface area contributed by atoms with E-state index in [9.17, 15) is 13.2 Å². The number of aryl methyl sites for hydroxylation is 2. The molecule has 1 aliphatic rings. The summed E-state index contributed by atoms with van der Waals surface area (Å²) in [6, 6.07) is 8.83. The minimum atomic E-state index is -3.80. The molecule has 0 saturated heterocycles. The number of fused-ring (bicyclic) bond motifs is 1. The van der Waals surface area contributed by atoms with Crippen molar-refractivity contribution >= 4 is 56.4 Å². The van der Waals surface area contributed by atoms with Crippen molar-refractivity contribution in [3.05, 3.63) is 62.1 Å². The molecular formula is C22H25Cl3N2O3S. The smallest absolute Gasteiger partial charge is 0.241 e. The van der Waals surface area contributed by atoms with Gasteiger partial charge in [-0.15, -0.1) is 0 Å². The molecule has 0 heterocycles. The third-order valence-electron chi connectivity index (χ3n) is 5.46. The molecule has 0 spiro atoms. The molecule has 1 aliphatic carbocycles. The number of rotatable bonds is 7. The number of hydrogen-bond donors (Lipinski definition) is 1. The highest BCUT2D eigenvalue weighted by atomic mass is 35.5. The first kappa shape index (κ1) is 24.2. The molecule has 3 rings (SSSR count). The number of amides is 1. The molecular weight excluding hydrogens is 479 g/mol. The maximum absolute atomic E-state index is 12.8. The number of sulfonamides is 1. The Bertz CT molecular complexity index is 1090. The Balaban J connectivity index is 1.81. The molecule has 2 aromatic rings. The number of carbonyl (C=O) groups is 1. The van der Waals surface area contributed by atoms with Crippen molar-refractivity contribution in [1.82, 2.24) is 5.32 Å². The van der Waals surface area contributed by atoms with E-state index >= 15 is 0 Å². The molecule has 31 heavy (non-hydrogen) atoms. The van der Waals surface area contributed by atoms with E-state index in [1.807, 2.05) is 13.0 Å². The van der Waals surface area contributed by atoms with Gasteiger partial charge in [-0.05, 0) is 60.9 Å². The van der Waals surface area contributed by atoms with Crippen molar-refractivity contribution in [2.24, 2.45) is 0 Å². The minimum Gasteiger partial charge on any atom is -0.348 e. The highest BCUT2D eigenvalue weighted by Gasteiger charge is 2.25. The molecule has 9 heteroatoms. The Morgan fingerprint density at radius 3 is 2.32 bits per heavy atom. The average Bonchev–Trinajstić information content (AvgIpc) is 2.72. The molecule has 1 N–H and O–H groups in total. The van der Waals surface area contributed by atoms with Crippen LogP contribution in [0.25, 0.3) is 0 Å². The standard InChI is InChI=1S/C22H25Cl3N2O3S/c1-3-20(16-9-8-14-6-4-5-7-15(14)10-16)26-22(28)13-27(31(2,29)30)21-12-18(24)17(23)11-19(21)25/h8-12,20H,3-7,13H2,1-2H3,(H,26,28)/t20-/m0/s1. The maximum atomic E-state index is 12.8. The molecule has 0 aromatic heterocycles. The van der Waals surface area contributed by atoms with E-state index in [2.05, 4.69) is 17.4 Å². The van der Waals surface area contributed by atoms with Crippen LogP contribution in [0.4, 0.5) is 5.69 Å². The maximum Gasteiger partial charge on any atom is 0.241 e. The zero-order chi connectivity index (χ0) is 22.8. The molecule has 0 aliphatic heterocycles. The lowest BCUT2D eigenvalue weighted by Crippen LogP contribution is -2.41. The lowest BCUT2D eigenvalue weighted by atomic mass is 9.89. The van der Waals surface area contributed by atoms with Crippen molar-refractivity contribution in [2.45, 2.75) is 45.1 Å². The van der Waals surface area contributed by atoms with Gasteiger partial charge in [-0.25, -0.2) is 8.42 Å². The van der Waals surface area contributed by atoms with Gasteiger partial charge in [0.05, 0.1) is 33.1 Å². The number of hydrogen-bond acceptors (Lipinski definition) is 3. The predicted molar refractivity (Wildman–Crippen MR) is 128 cm³/mol. The summed E-state index contributed by atoms with van der Waals surface area (Å²) in [5.41, 5.74) is 3.83. The Morgan fingerprint density at radius 2 is 1.68 bits per heavy atom. The van der Waals surface area contributed by atoms with Gasteiger partial charge in [-0.2, -0.15) is 0 Å². The molecule has 168 valence electrons. The summed E-state index contributed by atoms with van der Waals surface area (Å²) in [6.07, 6.45) is 6.21. The van der Waals surface area contributed by atoms with Gasteiger partial charge in [-0.1, -0.05) is 59.9 Å². The molecule has 0 bridgehead atoms. The minimum absolute atomic E-state index is 0.0920. The average molecular weight is 504 g/mol. The van der Waals surface area contributed by atoms with Crippen molar-refractivity contribution in [3.8, 4) is 0 Å². The van der Waals surface area contributed by atoms with Gasteiger partial charge < -0.3 is 5.32 Å². The summed E-state index contributed by atoms with van der Waals surface area (Å²) in [5, 5.41) is 3.40. The van der Waals surface area contributed by atoms with Gasteiger partial charge >= 0.3 is 0 Å². The van der Waals surface area contributed by atoms with E-state index < -0.39 is 22.5 Å². The van der Waals surface area contributed by atoms with Crippen molar-refractivity contribution in [3.63, 3.8) is 0 Å². The Morgan fingerprint density at radius 1 is 1.03 bits per heavy atom. The number of nitrogens with zero attached hydrogens (tertiary/aromatic N) is 1. The Kier molecular flexibility index (Phi) is 7.79. The van der Waals surface area contributed by atoms with E-state index in [0.29, 0.717) is 6.42 Å². The largest absolute Gasteiger partial charge is 0.348 e. The first-order valence-corrected chi connectivity index (χ1v) is 13.1. The third-order valence-corrected chi connectivity index (χ3v) is 7.62. The highest BCUT2D eigenvalue weighted by Crippen LogP contribution is 2.35. The van der Waals surface area contributed by atoms with Crippen LogP contribution >= 0.6 is 34.8 Å². The highest BCUT2D eigenvalue weighted by molar-refractivity contribution is 7.92. The Hall–Kier alpha value is -1.47. The number of nitrogens with one attached hydrogen (secondary N) is 1. The zero-order valence-electron chi connectivity index (χ0n) is 17.4. The molecule has 1 atom stereocenters. The van der Waals surface area contributed by atoms with Crippen molar-refractivity contribution in [1.29, 1.82) is 0 Å². The van der Waals surface area contributed by atoms with E-state index in [-0.39, 0.29) is 26.8 Å². The third kappa shape index (κ3) is 5.86. The van der Waals surface area contributed by atoms with Gasteiger partial charge in [0.2, 0.25) is 15.9 Å². The van der Waals surface area contributed by atoms with Gasteiger partial charge in [0.25, 0.3) is 0 Å². The SMILES string of the molecule is CC[C@H](NC(=O)CN(c1cc(Cl)c(Cl)cc1Cl)S(C)(=O)=O)c1ccc2c(c1)CCCC2. The van der Waals surface area contributed by atoms with Crippen LogP contribution in [0.1, 0.15) is 48.9 Å². The fraction of sp³-hybridized carbons (Fsp3) is 0.409. The van der Waals surface area contributed by atoms with Gasteiger partial charge in [0, 0.05) is 0 Å². The molecule has 0 fully saturated rings. The summed E-state index contributed by atoms with van der Waals surface area (Å²) in [4.78, 5) is 12.8. The van der Waals surface area contributed by atoms with Crippen LogP contribution in [-0.4, -0.2) is 27.1 Å². The van der Waals surface area contributed by atoms with Crippen molar-refractivity contribution in [2.75, 3.05) is 17.1 Å². The van der Waals surface area contributed by atoms with Gasteiger partial charge in [0.15, 0.2) is 0 Å². The van der Waals surface area contributed by atoms with E-state index in [0.717, 1.165) is 29.0 Å². The lowest BCUT2D eigenvalue weighted by Gasteiger charge is -2.26. The second kappa shape index (κ2) is 9.99. The molecule has 5 nitrogen and oxygen atoms in total. The summed E-state index contributed by atoms with van der Waals surface area (Å²) in [5.74, 6) is -0.433. The van der Waals surface area contributed by atoms with Crippen molar-refractivity contribution < 1.29 is 13.2 Å². The fourth-order valence-corrected chi connectivity index (χ4v) is 5.40.